The highest BCUT2D eigenvalue weighted by Gasteiger charge is 2.51. The van der Waals surface area contributed by atoms with Crippen LogP contribution in [0.3, 0.4) is 0 Å². The van der Waals surface area contributed by atoms with E-state index in [0.717, 1.165) is 4.31 Å². The predicted octanol–water partition coefficient (Wildman–Crippen LogP) is 1.96. The molecule has 0 saturated heterocycles. The van der Waals surface area contributed by atoms with E-state index in [4.69, 9.17) is 32.0 Å². The Morgan fingerprint density at radius 3 is 2.75 bits per heavy atom. The van der Waals surface area contributed by atoms with E-state index in [1.54, 1.807) is 13.0 Å². The van der Waals surface area contributed by atoms with Gasteiger partial charge in [0, 0.05) is 11.8 Å². The average Bonchev–Trinajstić information content (AvgIpc) is 2.78. The Kier molecular flexibility index (Phi) is 5.66. The number of benzene rings is 1. The highest BCUT2D eigenvalue weighted by Crippen LogP contribution is 2.43. The number of carbonyl (C=O) groups is 1. The SMILES string of the molecule is [B]C1([B])c2ccc(-c3nc(Cl)ncc3Br)cc2S(=O)(=O)N1[C@H](C)C(=O)OCC. The van der Waals surface area contributed by atoms with Crippen molar-refractivity contribution in [2.45, 2.75) is 30.1 Å². The molecule has 4 radical (unpaired) electrons. The van der Waals surface area contributed by atoms with Crippen molar-refractivity contribution in [1.82, 2.24) is 14.3 Å². The highest BCUT2D eigenvalue weighted by molar-refractivity contribution is 9.10. The molecule has 1 atom stereocenters. The molecule has 0 N–H and O–H groups in total. The van der Waals surface area contributed by atoms with Gasteiger partial charge in [0.1, 0.15) is 6.04 Å². The summed E-state index contributed by atoms with van der Waals surface area (Å²) in [6.07, 6.45) is 1.46. The number of fused-ring (bicyclic) bond motifs is 1. The smallest absolute Gasteiger partial charge is 0.324 e. The molecular formula is C16H13B2BrClN3O4S. The Labute approximate surface area is 178 Å². The molecule has 0 fully saturated rings. The number of sulfonamides is 1. The maximum atomic E-state index is 13.2. The van der Waals surface area contributed by atoms with E-state index in [-0.39, 0.29) is 22.3 Å². The maximum absolute atomic E-state index is 13.2. The normalized spacial score (nSPS) is 18.4. The van der Waals surface area contributed by atoms with Crippen LogP contribution in [0.2, 0.25) is 5.28 Å². The van der Waals surface area contributed by atoms with Crippen molar-refractivity contribution in [2.75, 3.05) is 6.61 Å². The van der Waals surface area contributed by atoms with Gasteiger partial charge in [0.05, 0.1) is 37.4 Å². The van der Waals surface area contributed by atoms with Gasteiger partial charge >= 0.3 is 5.97 Å². The fourth-order valence-corrected chi connectivity index (χ4v) is 5.62. The second kappa shape index (κ2) is 7.44. The van der Waals surface area contributed by atoms with Gasteiger partial charge in [0.2, 0.25) is 15.3 Å². The first-order valence-corrected chi connectivity index (χ1v) is 10.7. The summed E-state index contributed by atoms with van der Waals surface area (Å²) in [4.78, 5) is 20.0. The van der Waals surface area contributed by atoms with Crippen LogP contribution in [0.15, 0.2) is 33.8 Å². The topological polar surface area (TPSA) is 89.5 Å². The Balaban J connectivity index is 2.15. The van der Waals surface area contributed by atoms with Gasteiger partial charge in [-0.05, 0) is 58.3 Å². The summed E-state index contributed by atoms with van der Waals surface area (Å²) in [5, 5.41) is -1.91. The molecule has 2 aromatic rings. The number of ether oxygens (including phenoxy) is 1. The van der Waals surface area contributed by atoms with Crippen LogP contribution in [0.1, 0.15) is 19.4 Å². The van der Waals surface area contributed by atoms with Crippen LogP contribution in [0.4, 0.5) is 0 Å². The van der Waals surface area contributed by atoms with Gasteiger partial charge in [-0.3, -0.25) is 4.79 Å². The monoisotopic (exact) mass is 479 g/mol. The molecule has 1 aliphatic heterocycles. The van der Waals surface area contributed by atoms with Crippen LogP contribution in [-0.4, -0.2) is 57.0 Å². The Bertz CT molecular complexity index is 1070. The quantitative estimate of drug-likeness (QED) is 0.378. The molecule has 0 saturated carbocycles. The van der Waals surface area contributed by atoms with E-state index >= 15 is 0 Å². The van der Waals surface area contributed by atoms with E-state index in [9.17, 15) is 13.2 Å². The van der Waals surface area contributed by atoms with Gasteiger partial charge in [-0.15, -0.1) is 0 Å². The summed E-state index contributed by atoms with van der Waals surface area (Å²) in [5.74, 6) is -0.746. The van der Waals surface area contributed by atoms with Crippen molar-refractivity contribution < 1.29 is 17.9 Å². The standard InChI is InChI=1S/C16H13B2BrClN3O4S/c1-3-27-14(24)8(2)23-16(17,18)10-5-4-9(6-12(10)28(23,25)26)13-11(19)7-21-15(20)22-13/h4-8H,3H2,1-2H3/t8-/m1/s1. The first kappa shape index (κ1) is 21.3. The molecule has 12 heteroatoms. The Morgan fingerprint density at radius 1 is 1.43 bits per heavy atom. The molecule has 1 aliphatic rings. The zero-order chi connectivity index (χ0) is 20.9. The third kappa shape index (κ3) is 3.38. The Hall–Kier alpha value is -1.42. The van der Waals surface area contributed by atoms with Crippen molar-refractivity contribution in [3.63, 3.8) is 0 Å². The van der Waals surface area contributed by atoms with E-state index in [0.29, 0.717) is 15.7 Å². The fourth-order valence-electron chi connectivity index (χ4n) is 3.07. The minimum Gasteiger partial charge on any atom is -0.465 e. The van der Waals surface area contributed by atoms with Crippen molar-refractivity contribution in [3.05, 3.63) is 39.7 Å². The van der Waals surface area contributed by atoms with Crippen LogP contribution in [0, 0.1) is 0 Å². The Morgan fingerprint density at radius 2 is 2.11 bits per heavy atom. The lowest BCUT2D eigenvalue weighted by atomic mass is 9.57. The number of aromatic nitrogens is 2. The van der Waals surface area contributed by atoms with Crippen molar-refractivity contribution in [2.24, 2.45) is 0 Å². The predicted molar refractivity (Wildman–Crippen MR) is 108 cm³/mol. The number of hydrogen-bond acceptors (Lipinski definition) is 6. The maximum Gasteiger partial charge on any atom is 0.324 e. The number of esters is 1. The van der Waals surface area contributed by atoms with E-state index < -0.39 is 27.4 Å². The molecule has 1 aromatic heterocycles. The summed E-state index contributed by atoms with van der Waals surface area (Å²) >= 11 is 9.17. The molecule has 142 valence electrons. The number of hydrogen-bond donors (Lipinski definition) is 0. The van der Waals surface area contributed by atoms with Gasteiger partial charge in [0.25, 0.3) is 0 Å². The first-order chi connectivity index (χ1) is 13.0. The fraction of sp³-hybridized carbons (Fsp3) is 0.312. The van der Waals surface area contributed by atoms with Crippen LogP contribution in [0.5, 0.6) is 0 Å². The zero-order valence-corrected chi connectivity index (χ0v) is 18.0. The second-order valence-corrected chi connectivity index (χ2v) is 9.08. The minimum atomic E-state index is -4.18. The minimum absolute atomic E-state index is 0.00566. The number of carbonyl (C=O) groups excluding carboxylic acids is 1. The summed E-state index contributed by atoms with van der Waals surface area (Å²) in [6, 6.07) is 3.28. The summed E-state index contributed by atoms with van der Waals surface area (Å²) < 4.78 is 32.6. The molecule has 0 unspecified atom stereocenters. The third-order valence-electron chi connectivity index (χ3n) is 4.28. The van der Waals surface area contributed by atoms with Crippen LogP contribution < -0.4 is 0 Å². The molecule has 7 nitrogen and oxygen atoms in total. The van der Waals surface area contributed by atoms with Gasteiger partial charge in [0.15, 0.2) is 0 Å². The van der Waals surface area contributed by atoms with Crippen molar-refractivity contribution >= 4 is 59.2 Å². The molecular weight excluding hydrogens is 467 g/mol. The third-order valence-corrected chi connectivity index (χ3v) is 7.07. The zero-order valence-electron chi connectivity index (χ0n) is 14.9. The van der Waals surface area contributed by atoms with Crippen molar-refractivity contribution in [3.8, 4) is 11.3 Å². The number of rotatable bonds is 4. The largest absolute Gasteiger partial charge is 0.465 e. The van der Waals surface area contributed by atoms with E-state index in [1.807, 2.05) is 0 Å². The second-order valence-electron chi connectivity index (χ2n) is 6.10. The molecule has 0 amide bonds. The lowest BCUT2D eigenvalue weighted by molar-refractivity contribution is -0.147. The lowest BCUT2D eigenvalue weighted by Gasteiger charge is -2.35. The van der Waals surface area contributed by atoms with Crippen LogP contribution in [0.25, 0.3) is 11.3 Å². The van der Waals surface area contributed by atoms with Gasteiger partial charge in [-0.1, -0.05) is 12.1 Å². The molecule has 0 aliphatic carbocycles. The molecule has 28 heavy (non-hydrogen) atoms. The van der Waals surface area contributed by atoms with E-state index in [2.05, 4.69) is 25.9 Å². The molecule has 2 heterocycles. The molecule has 1 aromatic carbocycles. The average molecular weight is 480 g/mol. The van der Waals surface area contributed by atoms with Crippen molar-refractivity contribution in [1.29, 1.82) is 0 Å². The number of nitrogens with zero attached hydrogens (tertiary/aromatic N) is 3. The molecule has 0 spiro atoms. The summed E-state index contributed by atoms with van der Waals surface area (Å²) in [7, 11) is 8.12. The van der Waals surface area contributed by atoms with Crippen LogP contribution in [-0.2, 0) is 24.9 Å². The molecule has 0 bridgehead atoms. The van der Waals surface area contributed by atoms with Crippen LogP contribution >= 0.6 is 27.5 Å². The highest BCUT2D eigenvalue weighted by atomic mass is 79.9. The van der Waals surface area contributed by atoms with Gasteiger partial charge in [-0.25, -0.2) is 18.4 Å². The molecule has 3 rings (SSSR count). The first-order valence-electron chi connectivity index (χ1n) is 8.13. The van der Waals surface area contributed by atoms with Gasteiger partial charge in [-0.2, -0.15) is 4.31 Å². The number of halogens is 2. The summed E-state index contributed by atoms with van der Waals surface area (Å²) in [6.45, 7) is 3.09. The lowest BCUT2D eigenvalue weighted by Crippen LogP contribution is -2.52. The van der Waals surface area contributed by atoms with E-state index in [1.165, 1.54) is 25.3 Å². The summed E-state index contributed by atoms with van der Waals surface area (Å²) in [5.41, 5.74) is 1.01. The van der Waals surface area contributed by atoms with Gasteiger partial charge < -0.3 is 4.74 Å².